The number of unbranched alkanes of at least 4 members (excludes halogenated alkanes) is 2. The second-order valence-electron chi connectivity index (χ2n) is 9.09. The smallest absolute Gasteiger partial charge is 0.335 e. The molecule has 1 aromatic carbocycles. The Morgan fingerprint density at radius 3 is 2.53 bits per heavy atom. The maximum absolute atomic E-state index is 13.1. The fourth-order valence-corrected chi connectivity index (χ4v) is 3.84. The van der Waals surface area contributed by atoms with Gasteiger partial charge < -0.3 is 15.2 Å². The number of carboxylic acid groups (broad SMARTS) is 1. The van der Waals surface area contributed by atoms with Crippen molar-refractivity contribution in [2.75, 3.05) is 11.9 Å². The topological polar surface area (TPSA) is 88.5 Å². The first-order valence-corrected chi connectivity index (χ1v) is 11.4. The largest absolute Gasteiger partial charge is 0.478 e. The summed E-state index contributed by atoms with van der Waals surface area (Å²) in [5.74, 6) is -0.619. The molecule has 0 saturated heterocycles. The molecule has 174 valence electrons. The lowest BCUT2D eigenvalue weighted by atomic mass is 9.85. The van der Waals surface area contributed by atoms with Gasteiger partial charge in [-0.05, 0) is 48.4 Å². The maximum atomic E-state index is 13.1. The molecular weight excluding hydrogens is 404 g/mol. The zero-order chi connectivity index (χ0) is 23.7. The number of carbonyl (C=O) groups is 2. The van der Waals surface area contributed by atoms with Crippen molar-refractivity contribution in [3.63, 3.8) is 0 Å². The van der Waals surface area contributed by atoms with Crippen molar-refractivity contribution in [1.29, 1.82) is 0 Å². The highest BCUT2D eigenvalue weighted by Gasteiger charge is 2.24. The molecule has 6 heteroatoms. The number of aromatic carboxylic acids is 1. The third-order valence-corrected chi connectivity index (χ3v) is 5.46. The number of rotatable bonds is 11. The molecule has 1 heterocycles. The van der Waals surface area contributed by atoms with Gasteiger partial charge in [0.15, 0.2) is 0 Å². The van der Waals surface area contributed by atoms with Gasteiger partial charge in [-0.3, -0.25) is 4.79 Å². The van der Waals surface area contributed by atoms with Crippen LogP contribution in [0.2, 0.25) is 0 Å². The van der Waals surface area contributed by atoms with Crippen LogP contribution >= 0.6 is 0 Å². The summed E-state index contributed by atoms with van der Waals surface area (Å²) in [5.41, 5.74) is 2.29. The number of amides is 1. The van der Waals surface area contributed by atoms with E-state index in [1.807, 2.05) is 39.8 Å². The average Bonchev–Trinajstić information content (AvgIpc) is 2.73. The second kappa shape index (κ2) is 11.7. The molecule has 0 aliphatic rings. The van der Waals surface area contributed by atoms with Gasteiger partial charge in [0.05, 0.1) is 12.2 Å². The summed E-state index contributed by atoms with van der Waals surface area (Å²) in [6.45, 7) is 10.7. The molecule has 0 aliphatic heterocycles. The van der Waals surface area contributed by atoms with Gasteiger partial charge in [-0.1, -0.05) is 59.1 Å². The molecule has 0 fully saturated rings. The maximum Gasteiger partial charge on any atom is 0.335 e. The molecule has 1 amide bonds. The van der Waals surface area contributed by atoms with Gasteiger partial charge in [0.25, 0.3) is 0 Å². The second-order valence-corrected chi connectivity index (χ2v) is 9.09. The molecule has 1 unspecified atom stereocenters. The summed E-state index contributed by atoms with van der Waals surface area (Å²) in [4.78, 5) is 29.0. The van der Waals surface area contributed by atoms with Gasteiger partial charge in [0.2, 0.25) is 11.8 Å². The number of hydrogen-bond acceptors (Lipinski definition) is 4. The summed E-state index contributed by atoms with van der Waals surface area (Å²) in [5, 5.41) is 12.4. The van der Waals surface area contributed by atoms with E-state index in [2.05, 4.69) is 17.2 Å². The number of carbonyl (C=O) groups excluding carboxylic acids is 1. The molecule has 2 rings (SSSR count). The Kier molecular flexibility index (Phi) is 9.24. The fourth-order valence-electron chi connectivity index (χ4n) is 3.84. The molecule has 2 N–H and O–H groups in total. The quantitative estimate of drug-likeness (QED) is 0.408. The van der Waals surface area contributed by atoms with Crippen molar-refractivity contribution in [3.05, 3.63) is 53.2 Å². The molecule has 6 nitrogen and oxygen atoms in total. The molecule has 0 aliphatic carbocycles. The van der Waals surface area contributed by atoms with Gasteiger partial charge in [-0.15, -0.1) is 0 Å². The van der Waals surface area contributed by atoms with Crippen LogP contribution in [0.25, 0.3) is 0 Å². The van der Waals surface area contributed by atoms with E-state index in [0.717, 1.165) is 36.8 Å². The number of benzene rings is 1. The summed E-state index contributed by atoms with van der Waals surface area (Å²) in [6, 6.07) is 8.76. The SMILES string of the molecule is CCCCCC(CC(=O)Nc1cc(C(=O)O)ccc1C(C)(C)C)c1cccnc1OCC. The van der Waals surface area contributed by atoms with Crippen LogP contribution in [0.15, 0.2) is 36.5 Å². The van der Waals surface area contributed by atoms with E-state index >= 15 is 0 Å². The summed E-state index contributed by atoms with van der Waals surface area (Å²) >= 11 is 0. The lowest BCUT2D eigenvalue weighted by molar-refractivity contribution is -0.116. The van der Waals surface area contributed by atoms with E-state index in [1.165, 1.54) is 0 Å². The summed E-state index contributed by atoms with van der Waals surface area (Å²) in [6.07, 6.45) is 6.03. The van der Waals surface area contributed by atoms with Crippen LogP contribution in [0.1, 0.15) is 94.1 Å². The number of hydrogen-bond donors (Lipinski definition) is 2. The third-order valence-electron chi connectivity index (χ3n) is 5.46. The Hall–Kier alpha value is -2.89. The average molecular weight is 441 g/mol. The van der Waals surface area contributed by atoms with Crippen molar-refractivity contribution in [1.82, 2.24) is 4.98 Å². The normalized spacial score (nSPS) is 12.3. The lowest BCUT2D eigenvalue weighted by Crippen LogP contribution is -2.21. The highest BCUT2D eigenvalue weighted by atomic mass is 16.5. The molecule has 0 bridgehead atoms. The van der Waals surface area contributed by atoms with E-state index < -0.39 is 5.97 Å². The van der Waals surface area contributed by atoms with Gasteiger partial charge >= 0.3 is 5.97 Å². The van der Waals surface area contributed by atoms with Gasteiger partial charge in [0.1, 0.15) is 0 Å². The first-order valence-electron chi connectivity index (χ1n) is 11.4. The zero-order valence-electron chi connectivity index (χ0n) is 19.9. The van der Waals surface area contributed by atoms with E-state index in [1.54, 1.807) is 24.4 Å². The number of aromatic nitrogens is 1. The van der Waals surface area contributed by atoms with Crippen molar-refractivity contribution >= 4 is 17.6 Å². The van der Waals surface area contributed by atoms with Crippen molar-refractivity contribution in [2.45, 2.75) is 78.1 Å². The lowest BCUT2D eigenvalue weighted by Gasteiger charge is -2.24. The highest BCUT2D eigenvalue weighted by Crippen LogP contribution is 2.34. The zero-order valence-corrected chi connectivity index (χ0v) is 19.9. The van der Waals surface area contributed by atoms with Crippen LogP contribution in [0.4, 0.5) is 5.69 Å². The molecule has 32 heavy (non-hydrogen) atoms. The van der Waals surface area contributed by atoms with Gasteiger partial charge in [-0.2, -0.15) is 0 Å². The molecule has 1 atom stereocenters. The predicted octanol–water partition coefficient (Wildman–Crippen LogP) is 6.17. The predicted molar refractivity (Wildman–Crippen MR) is 128 cm³/mol. The van der Waals surface area contributed by atoms with Crippen LogP contribution in [-0.2, 0) is 10.2 Å². The van der Waals surface area contributed by atoms with Crippen molar-refractivity contribution in [3.8, 4) is 5.88 Å². The summed E-state index contributed by atoms with van der Waals surface area (Å²) < 4.78 is 5.72. The van der Waals surface area contributed by atoms with E-state index in [-0.39, 0.29) is 29.2 Å². The Balaban J connectivity index is 2.31. The first kappa shape index (κ1) is 25.4. The Morgan fingerprint density at radius 1 is 1.16 bits per heavy atom. The van der Waals surface area contributed by atoms with E-state index in [0.29, 0.717) is 18.2 Å². The standard InChI is InChI=1S/C26H36N2O4/c1-6-8-9-11-18(20-12-10-15-27-24(20)32-7-2)17-23(29)28-22-16-19(25(30)31)13-14-21(22)26(3,4)5/h10,12-16,18H,6-9,11,17H2,1-5H3,(H,28,29)(H,30,31). The van der Waals surface area contributed by atoms with Crippen LogP contribution in [-0.4, -0.2) is 28.6 Å². The monoisotopic (exact) mass is 440 g/mol. The third kappa shape index (κ3) is 7.08. The molecule has 0 radical (unpaired) electrons. The van der Waals surface area contributed by atoms with Crippen molar-refractivity contribution < 1.29 is 19.4 Å². The van der Waals surface area contributed by atoms with Crippen LogP contribution < -0.4 is 10.1 Å². The van der Waals surface area contributed by atoms with E-state index in [4.69, 9.17) is 4.74 Å². The molecule has 0 spiro atoms. The molecular formula is C26H36N2O4. The number of ether oxygens (including phenoxy) is 1. The number of nitrogens with zero attached hydrogens (tertiary/aromatic N) is 1. The number of carboxylic acids is 1. The number of nitrogens with one attached hydrogen (secondary N) is 1. The van der Waals surface area contributed by atoms with E-state index in [9.17, 15) is 14.7 Å². The first-order chi connectivity index (χ1) is 15.2. The Morgan fingerprint density at radius 2 is 1.91 bits per heavy atom. The minimum atomic E-state index is -1.02. The minimum absolute atomic E-state index is 0.0301. The molecule has 1 aromatic heterocycles. The Bertz CT molecular complexity index is 918. The molecule has 2 aromatic rings. The highest BCUT2D eigenvalue weighted by molar-refractivity contribution is 5.95. The van der Waals surface area contributed by atoms with Crippen LogP contribution in [0, 0.1) is 0 Å². The summed E-state index contributed by atoms with van der Waals surface area (Å²) in [7, 11) is 0. The number of anilines is 1. The Labute approximate surface area is 191 Å². The van der Waals surface area contributed by atoms with Crippen LogP contribution in [0.5, 0.6) is 5.88 Å². The van der Waals surface area contributed by atoms with Crippen LogP contribution in [0.3, 0.4) is 0 Å². The molecule has 0 saturated carbocycles. The number of pyridine rings is 1. The van der Waals surface area contributed by atoms with Gasteiger partial charge in [-0.25, -0.2) is 9.78 Å². The minimum Gasteiger partial charge on any atom is -0.478 e. The van der Waals surface area contributed by atoms with Crippen molar-refractivity contribution in [2.24, 2.45) is 0 Å². The fraction of sp³-hybridized carbons (Fsp3) is 0.500. The van der Waals surface area contributed by atoms with Gasteiger partial charge in [0, 0.05) is 23.9 Å².